The van der Waals surface area contributed by atoms with Crippen molar-refractivity contribution in [1.29, 1.82) is 0 Å². The Balaban J connectivity index is 1.56. The second kappa shape index (κ2) is 13.4. The Morgan fingerprint density at radius 2 is 1.08 bits per heavy atom. The number of fused-ring (bicyclic) bond motifs is 1. The van der Waals surface area contributed by atoms with Crippen LogP contribution in [0.2, 0.25) is 10.1 Å². The van der Waals surface area contributed by atoms with Gasteiger partial charge in [0.25, 0.3) is 16.6 Å². The summed E-state index contributed by atoms with van der Waals surface area (Å²) < 4.78 is 28.2. The standard InChI is InChI=1S/C42H52O6Si2/c1-39(2,3)49(31-21-13-9-14-22-31,32-23-15-10-16-24-32)46-30-42-36(29-35(45-8)37(42)38(43)41(7,44)48-42)47-50(40(4,5)6,33-25-17-11-18-26-33)34-27-19-12-20-28-34/h9-28,35-37,44H,29-30H2,1-8H3/t35-,36?,37-,41+,42-/m1/s1. The first-order valence-electron chi connectivity index (χ1n) is 17.7. The molecule has 0 bridgehead atoms. The van der Waals surface area contributed by atoms with Crippen LogP contribution >= 0.6 is 0 Å². The van der Waals surface area contributed by atoms with Crippen LogP contribution < -0.4 is 20.7 Å². The number of Topliss-reactive ketones (excluding diaryl/α,β-unsaturated/α-hetero) is 1. The van der Waals surface area contributed by atoms with Crippen LogP contribution in [0, 0.1) is 5.92 Å². The fourth-order valence-electron chi connectivity index (χ4n) is 8.77. The third-order valence-electron chi connectivity index (χ3n) is 11.0. The molecule has 6 rings (SSSR count). The number of methoxy groups -OCH3 is 1. The predicted molar refractivity (Wildman–Crippen MR) is 204 cm³/mol. The van der Waals surface area contributed by atoms with E-state index in [-0.39, 0.29) is 16.7 Å². The molecule has 0 radical (unpaired) electrons. The highest BCUT2D eigenvalue weighted by Crippen LogP contribution is 2.54. The Bertz CT molecular complexity index is 1670. The van der Waals surface area contributed by atoms with Crippen molar-refractivity contribution in [3.8, 4) is 0 Å². The van der Waals surface area contributed by atoms with Crippen LogP contribution in [0.1, 0.15) is 54.9 Å². The van der Waals surface area contributed by atoms with Crippen LogP contribution in [0.4, 0.5) is 0 Å². The Kier molecular flexibility index (Phi) is 9.80. The first kappa shape index (κ1) is 36.6. The SMILES string of the molecule is CO[C@@H]1CC(O[Si](c2ccccc2)(c2ccccc2)C(C)(C)C)[C@@]2(CO[Si](c3ccccc3)(c3ccccc3)C(C)(C)C)O[C@](C)(O)C(=O)[C@@H]12. The maximum Gasteiger partial charge on any atom is 0.261 e. The lowest BCUT2D eigenvalue weighted by Crippen LogP contribution is -2.71. The number of hydrogen-bond donors (Lipinski definition) is 1. The summed E-state index contributed by atoms with van der Waals surface area (Å²) in [6.07, 6.45) is -0.764. The molecule has 0 amide bonds. The van der Waals surface area contributed by atoms with E-state index in [2.05, 4.69) is 139 Å². The molecule has 1 unspecified atom stereocenters. The topological polar surface area (TPSA) is 74.2 Å². The van der Waals surface area contributed by atoms with E-state index in [4.69, 9.17) is 18.3 Å². The van der Waals surface area contributed by atoms with Gasteiger partial charge in [-0.2, -0.15) is 0 Å². The summed E-state index contributed by atoms with van der Waals surface area (Å²) in [5, 5.41) is 15.5. The normalized spacial score (nSPS) is 25.9. The molecule has 2 fully saturated rings. The fourth-order valence-corrected chi connectivity index (χ4v) is 18.1. The smallest absolute Gasteiger partial charge is 0.261 e. The highest BCUT2D eigenvalue weighted by molar-refractivity contribution is 7.00. The minimum atomic E-state index is -3.14. The van der Waals surface area contributed by atoms with Gasteiger partial charge in [0.05, 0.1) is 24.7 Å². The van der Waals surface area contributed by atoms with Crippen molar-refractivity contribution >= 4 is 43.2 Å². The summed E-state index contributed by atoms with van der Waals surface area (Å²) in [4.78, 5) is 14.2. The molecule has 6 nitrogen and oxygen atoms in total. The molecule has 5 atom stereocenters. The van der Waals surface area contributed by atoms with Gasteiger partial charge in [0.15, 0.2) is 5.78 Å². The summed E-state index contributed by atoms with van der Waals surface area (Å²) in [7, 11) is -4.61. The number of ether oxygens (including phenoxy) is 2. The molecule has 1 heterocycles. The van der Waals surface area contributed by atoms with Gasteiger partial charge in [0.2, 0.25) is 5.79 Å². The van der Waals surface area contributed by atoms with E-state index in [1.807, 2.05) is 24.3 Å². The van der Waals surface area contributed by atoms with E-state index in [9.17, 15) is 9.90 Å². The third-order valence-corrected chi connectivity index (χ3v) is 21.0. The monoisotopic (exact) mass is 708 g/mol. The second-order valence-electron chi connectivity index (χ2n) is 16.1. The molecule has 1 aliphatic carbocycles. The van der Waals surface area contributed by atoms with E-state index in [1.165, 1.54) is 6.92 Å². The maximum atomic E-state index is 14.2. The molecule has 4 aromatic rings. The molecule has 1 N–H and O–H groups in total. The Morgan fingerprint density at radius 3 is 1.44 bits per heavy atom. The molecule has 4 aromatic carbocycles. The zero-order chi connectivity index (χ0) is 36.0. The van der Waals surface area contributed by atoms with Crippen LogP contribution in [-0.4, -0.2) is 64.8 Å². The summed E-state index contributed by atoms with van der Waals surface area (Å²) in [5.41, 5.74) is -1.33. The average molecular weight is 709 g/mol. The number of aliphatic hydroxyl groups is 1. The molecule has 0 aromatic heterocycles. The summed E-state index contributed by atoms with van der Waals surface area (Å²) in [6, 6.07) is 41.8. The minimum Gasteiger partial charge on any atom is -0.404 e. The van der Waals surface area contributed by atoms with Crippen LogP contribution in [0.15, 0.2) is 121 Å². The van der Waals surface area contributed by atoms with Gasteiger partial charge in [0, 0.05) is 13.5 Å². The average Bonchev–Trinajstić information content (AvgIpc) is 3.50. The van der Waals surface area contributed by atoms with Gasteiger partial charge in [-0.1, -0.05) is 163 Å². The van der Waals surface area contributed by atoms with E-state index in [0.717, 1.165) is 20.7 Å². The van der Waals surface area contributed by atoms with Crippen molar-refractivity contribution in [3.05, 3.63) is 121 Å². The van der Waals surface area contributed by atoms with E-state index >= 15 is 0 Å². The molecule has 2 aliphatic rings. The van der Waals surface area contributed by atoms with Crippen molar-refractivity contribution in [2.24, 2.45) is 5.92 Å². The molecular formula is C42H52O6Si2. The van der Waals surface area contributed by atoms with Crippen LogP contribution in [-0.2, 0) is 23.1 Å². The Labute approximate surface area is 300 Å². The van der Waals surface area contributed by atoms with Crippen LogP contribution in [0.5, 0.6) is 0 Å². The lowest BCUT2D eigenvalue weighted by atomic mass is 9.87. The van der Waals surface area contributed by atoms with Gasteiger partial charge < -0.3 is 23.4 Å². The molecule has 0 spiro atoms. The minimum absolute atomic E-state index is 0.0373. The molecular weight excluding hydrogens is 657 g/mol. The fraction of sp³-hybridized carbons (Fsp3) is 0.405. The van der Waals surface area contributed by atoms with Crippen molar-refractivity contribution in [3.63, 3.8) is 0 Å². The molecule has 8 heteroatoms. The van der Waals surface area contributed by atoms with Gasteiger partial charge in [-0.3, -0.25) is 4.79 Å². The first-order valence-corrected chi connectivity index (χ1v) is 21.5. The number of benzene rings is 4. The van der Waals surface area contributed by atoms with Gasteiger partial charge in [-0.15, -0.1) is 0 Å². The van der Waals surface area contributed by atoms with Crippen molar-refractivity contribution in [2.45, 2.75) is 88.6 Å². The predicted octanol–water partition coefficient (Wildman–Crippen LogP) is 5.59. The zero-order valence-electron chi connectivity index (χ0n) is 30.7. The van der Waals surface area contributed by atoms with Crippen molar-refractivity contribution < 1.29 is 28.2 Å². The van der Waals surface area contributed by atoms with Gasteiger partial charge in [-0.25, -0.2) is 0 Å². The maximum absolute atomic E-state index is 14.2. The Hall–Kier alpha value is -3.22. The van der Waals surface area contributed by atoms with E-state index in [0.29, 0.717) is 6.42 Å². The molecule has 264 valence electrons. The quantitative estimate of drug-likeness (QED) is 0.217. The van der Waals surface area contributed by atoms with Crippen LogP contribution in [0.3, 0.4) is 0 Å². The number of ketones is 1. The van der Waals surface area contributed by atoms with E-state index < -0.39 is 51.9 Å². The highest BCUT2D eigenvalue weighted by atomic mass is 28.4. The molecule has 1 aliphatic heterocycles. The number of rotatable bonds is 10. The van der Waals surface area contributed by atoms with Crippen molar-refractivity contribution in [2.75, 3.05) is 13.7 Å². The number of hydrogen-bond acceptors (Lipinski definition) is 6. The Morgan fingerprint density at radius 1 is 0.700 bits per heavy atom. The van der Waals surface area contributed by atoms with E-state index in [1.54, 1.807) is 7.11 Å². The summed E-state index contributed by atoms with van der Waals surface area (Å²) in [6.45, 7) is 14.9. The van der Waals surface area contributed by atoms with Gasteiger partial charge >= 0.3 is 0 Å². The summed E-state index contributed by atoms with van der Waals surface area (Å²) >= 11 is 0. The van der Waals surface area contributed by atoms with Gasteiger partial charge in [-0.05, 0) is 37.7 Å². The first-order chi connectivity index (χ1) is 23.6. The zero-order valence-corrected chi connectivity index (χ0v) is 32.7. The molecule has 1 saturated carbocycles. The lowest BCUT2D eigenvalue weighted by Gasteiger charge is -2.49. The third kappa shape index (κ3) is 5.88. The lowest BCUT2D eigenvalue weighted by molar-refractivity contribution is -0.235. The highest BCUT2D eigenvalue weighted by Gasteiger charge is 2.72. The largest absolute Gasteiger partial charge is 0.404 e. The number of carbonyl (C=O) groups excluding carboxylic acids is 1. The summed E-state index contributed by atoms with van der Waals surface area (Å²) in [5.74, 6) is -3.24. The molecule has 50 heavy (non-hydrogen) atoms. The van der Waals surface area contributed by atoms with Crippen LogP contribution in [0.25, 0.3) is 0 Å². The van der Waals surface area contributed by atoms with Gasteiger partial charge in [0.1, 0.15) is 5.60 Å². The number of carbonyl (C=O) groups is 1. The second-order valence-corrected chi connectivity index (χ2v) is 24.7. The molecule has 1 saturated heterocycles. The van der Waals surface area contributed by atoms with Crippen molar-refractivity contribution in [1.82, 2.24) is 0 Å².